The van der Waals surface area contributed by atoms with Crippen molar-refractivity contribution < 1.29 is 4.79 Å². The van der Waals surface area contributed by atoms with E-state index in [1.165, 1.54) is 0 Å². The van der Waals surface area contributed by atoms with Gasteiger partial charge in [0.1, 0.15) is 0 Å². The molecule has 1 fully saturated rings. The molecule has 0 bridgehead atoms. The zero-order chi connectivity index (χ0) is 13.2. The number of hydrogen-bond acceptors (Lipinski definition) is 4. The minimum atomic E-state index is -0.0660. The van der Waals surface area contributed by atoms with E-state index >= 15 is 0 Å². The van der Waals surface area contributed by atoms with Crippen LogP contribution in [0.2, 0.25) is 0 Å². The van der Waals surface area contributed by atoms with Crippen molar-refractivity contribution in [1.82, 2.24) is 25.8 Å². The summed E-state index contributed by atoms with van der Waals surface area (Å²) in [6, 6.07) is 2.05. The van der Waals surface area contributed by atoms with Crippen LogP contribution in [0.15, 0.2) is 12.3 Å². The molecule has 0 radical (unpaired) electrons. The van der Waals surface area contributed by atoms with E-state index in [-0.39, 0.29) is 11.9 Å². The molecule has 19 heavy (non-hydrogen) atoms. The molecule has 6 nitrogen and oxygen atoms in total. The third kappa shape index (κ3) is 2.44. The summed E-state index contributed by atoms with van der Waals surface area (Å²) >= 11 is 0. The fourth-order valence-corrected chi connectivity index (χ4v) is 2.39. The summed E-state index contributed by atoms with van der Waals surface area (Å²) in [5, 5.41) is 14.1. The molecular formula is C13H17N5O. The van der Waals surface area contributed by atoms with Gasteiger partial charge in [0.25, 0.3) is 5.91 Å². The number of carbonyl (C=O) groups is 1. The first-order valence-corrected chi connectivity index (χ1v) is 6.56. The molecule has 2 aromatic rings. The number of pyridine rings is 1. The first kappa shape index (κ1) is 12.1. The highest BCUT2D eigenvalue weighted by Gasteiger charge is 2.17. The lowest BCUT2D eigenvalue weighted by molar-refractivity contribution is 0.0930. The van der Waals surface area contributed by atoms with Crippen molar-refractivity contribution in [1.29, 1.82) is 0 Å². The molecular weight excluding hydrogens is 242 g/mol. The van der Waals surface area contributed by atoms with Gasteiger partial charge in [0, 0.05) is 29.9 Å². The van der Waals surface area contributed by atoms with Gasteiger partial charge in [-0.05, 0) is 32.4 Å². The molecule has 3 rings (SSSR count). The van der Waals surface area contributed by atoms with Crippen molar-refractivity contribution in [2.75, 3.05) is 13.1 Å². The Morgan fingerprint density at radius 2 is 2.42 bits per heavy atom. The van der Waals surface area contributed by atoms with Crippen LogP contribution in [0.1, 0.15) is 28.9 Å². The number of aryl methyl sites for hydroxylation is 1. The number of H-pyrrole nitrogens is 1. The minimum absolute atomic E-state index is 0.0660. The molecule has 0 saturated carbocycles. The Hall–Kier alpha value is -1.95. The lowest BCUT2D eigenvalue weighted by atomic mass is 10.1. The number of rotatable bonds is 2. The second-order valence-corrected chi connectivity index (χ2v) is 4.96. The highest BCUT2D eigenvalue weighted by Crippen LogP contribution is 2.14. The predicted molar refractivity (Wildman–Crippen MR) is 72.0 cm³/mol. The van der Waals surface area contributed by atoms with Gasteiger partial charge in [0.15, 0.2) is 5.65 Å². The molecule has 1 aliphatic heterocycles. The zero-order valence-corrected chi connectivity index (χ0v) is 10.9. The van der Waals surface area contributed by atoms with Gasteiger partial charge >= 0.3 is 0 Å². The number of carbonyl (C=O) groups excluding carboxylic acids is 1. The summed E-state index contributed by atoms with van der Waals surface area (Å²) in [5.74, 6) is -0.0660. The van der Waals surface area contributed by atoms with E-state index in [1.807, 2.05) is 13.0 Å². The maximum absolute atomic E-state index is 12.2. The fourth-order valence-electron chi connectivity index (χ4n) is 2.39. The van der Waals surface area contributed by atoms with Crippen LogP contribution in [0, 0.1) is 6.92 Å². The first-order chi connectivity index (χ1) is 9.24. The number of hydrogen-bond donors (Lipinski definition) is 3. The molecule has 3 N–H and O–H groups in total. The van der Waals surface area contributed by atoms with Crippen LogP contribution in [-0.2, 0) is 0 Å². The first-order valence-electron chi connectivity index (χ1n) is 6.56. The second kappa shape index (κ2) is 4.97. The third-order valence-electron chi connectivity index (χ3n) is 3.49. The quantitative estimate of drug-likeness (QED) is 0.743. The Morgan fingerprint density at radius 1 is 1.53 bits per heavy atom. The topological polar surface area (TPSA) is 82.7 Å². The van der Waals surface area contributed by atoms with Crippen LogP contribution in [0.3, 0.4) is 0 Å². The van der Waals surface area contributed by atoms with E-state index in [1.54, 1.807) is 6.20 Å². The van der Waals surface area contributed by atoms with Crippen LogP contribution in [0.5, 0.6) is 0 Å². The lowest BCUT2D eigenvalue weighted by Crippen LogP contribution is -2.45. The average Bonchev–Trinajstić information content (AvgIpc) is 2.81. The number of piperidine rings is 1. The number of aromatic nitrogens is 3. The van der Waals surface area contributed by atoms with Gasteiger partial charge in [-0.25, -0.2) is 4.98 Å². The van der Waals surface area contributed by atoms with Gasteiger partial charge in [-0.1, -0.05) is 0 Å². The van der Waals surface area contributed by atoms with E-state index in [9.17, 15) is 4.79 Å². The van der Waals surface area contributed by atoms with E-state index in [0.717, 1.165) is 37.0 Å². The molecule has 0 aliphatic carbocycles. The Bertz CT molecular complexity index is 600. The molecule has 0 aromatic carbocycles. The van der Waals surface area contributed by atoms with Crippen LogP contribution >= 0.6 is 0 Å². The van der Waals surface area contributed by atoms with Gasteiger partial charge in [0.05, 0.1) is 5.56 Å². The van der Waals surface area contributed by atoms with Crippen molar-refractivity contribution in [2.24, 2.45) is 0 Å². The van der Waals surface area contributed by atoms with E-state index in [4.69, 9.17) is 0 Å². The normalized spacial score (nSPS) is 19.5. The maximum atomic E-state index is 12.2. The highest BCUT2D eigenvalue weighted by atomic mass is 16.1. The van der Waals surface area contributed by atoms with Crippen LogP contribution in [-0.4, -0.2) is 40.2 Å². The molecule has 100 valence electrons. The average molecular weight is 259 g/mol. The molecule has 1 saturated heterocycles. The summed E-state index contributed by atoms with van der Waals surface area (Å²) in [6.45, 7) is 3.80. The number of fused-ring (bicyclic) bond motifs is 1. The second-order valence-electron chi connectivity index (χ2n) is 4.96. The largest absolute Gasteiger partial charge is 0.348 e. The highest BCUT2D eigenvalue weighted by molar-refractivity contribution is 5.97. The van der Waals surface area contributed by atoms with Gasteiger partial charge in [0.2, 0.25) is 0 Å². The Kier molecular flexibility index (Phi) is 3.16. The SMILES string of the molecule is Cc1[nH]nc2ncc(C(=O)N[C@H]3CCCNC3)cc12. The monoisotopic (exact) mass is 259 g/mol. The Labute approximate surface area is 111 Å². The smallest absolute Gasteiger partial charge is 0.253 e. The fraction of sp³-hybridized carbons (Fsp3) is 0.462. The molecule has 1 aliphatic rings. The van der Waals surface area contributed by atoms with Crippen molar-refractivity contribution in [3.05, 3.63) is 23.5 Å². The van der Waals surface area contributed by atoms with Gasteiger partial charge in [-0.2, -0.15) is 5.10 Å². The molecule has 6 heteroatoms. The number of nitrogens with zero attached hydrogens (tertiary/aromatic N) is 2. The van der Waals surface area contributed by atoms with Crippen LogP contribution in [0.4, 0.5) is 0 Å². The van der Waals surface area contributed by atoms with E-state index in [2.05, 4.69) is 25.8 Å². The van der Waals surface area contributed by atoms with Crippen molar-refractivity contribution in [2.45, 2.75) is 25.8 Å². The summed E-state index contributed by atoms with van der Waals surface area (Å²) in [4.78, 5) is 16.4. The lowest BCUT2D eigenvalue weighted by Gasteiger charge is -2.23. The number of amides is 1. The third-order valence-corrected chi connectivity index (χ3v) is 3.49. The standard InChI is InChI=1S/C13H17N5O/c1-8-11-5-9(6-15-12(11)18-17-8)13(19)16-10-3-2-4-14-7-10/h5-6,10,14H,2-4,7H2,1H3,(H,16,19)(H,15,17,18)/t10-/m0/s1. The Morgan fingerprint density at radius 3 is 3.21 bits per heavy atom. The van der Waals surface area contributed by atoms with Crippen molar-refractivity contribution >= 4 is 16.9 Å². The summed E-state index contributed by atoms with van der Waals surface area (Å²) in [7, 11) is 0. The van der Waals surface area contributed by atoms with Crippen molar-refractivity contribution in [3.8, 4) is 0 Å². The number of aromatic amines is 1. The molecule has 0 spiro atoms. The van der Waals surface area contributed by atoms with Crippen LogP contribution < -0.4 is 10.6 Å². The van der Waals surface area contributed by atoms with E-state index in [0.29, 0.717) is 11.2 Å². The molecule has 2 aromatic heterocycles. The van der Waals surface area contributed by atoms with Crippen molar-refractivity contribution in [3.63, 3.8) is 0 Å². The molecule has 0 unspecified atom stereocenters. The summed E-state index contributed by atoms with van der Waals surface area (Å²) < 4.78 is 0. The minimum Gasteiger partial charge on any atom is -0.348 e. The summed E-state index contributed by atoms with van der Waals surface area (Å²) in [5.41, 5.74) is 2.16. The van der Waals surface area contributed by atoms with Crippen LogP contribution in [0.25, 0.3) is 11.0 Å². The van der Waals surface area contributed by atoms with E-state index < -0.39 is 0 Å². The maximum Gasteiger partial charge on any atom is 0.253 e. The zero-order valence-electron chi connectivity index (χ0n) is 10.9. The van der Waals surface area contributed by atoms with Gasteiger partial charge in [-0.3, -0.25) is 9.89 Å². The molecule has 1 amide bonds. The summed E-state index contributed by atoms with van der Waals surface area (Å²) in [6.07, 6.45) is 3.70. The van der Waals surface area contributed by atoms with Gasteiger partial charge in [-0.15, -0.1) is 0 Å². The molecule has 1 atom stereocenters. The van der Waals surface area contributed by atoms with Gasteiger partial charge < -0.3 is 10.6 Å². The molecule has 3 heterocycles. The predicted octanol–water partition coefficient (Wildman–Crippen LogP) is 0.748. The Balaban J connectivity index is 1.78. The number of nitrogens with one attached hydrogen (secondary N) is 3.